The van der Waals surface area contributed by atoms with Gasteiger partial charge in [-0.25, -0.2) is 9.78 Å². The molecular weight excluding hydrogens is 316 g/mol. The van der Waals surface area contributed by atoms with Gasteiger partial charge in [0.25, 0.3) is 0 Å². The van der Waals surface area contributed by atoms with E-state index in [-0.39, 0.29) is 12.1 Å². The summed E-state index contributed by atoms with van der Waals surface area (Å²) in [5.74, 6) is 0. The Morgan fingerprint density at radius 3 is 2.84 bits per heavy atom. The molecule has 2 heterocycles. The molecule has 134 valence electrons. The van der Waals surface area contributed by atoms with Gasteiger partial charge in [-0.15, -0.1) is 0 Å². The van der Waals surface area contributed by atoms with Gasteiger partial charge in [-0.1, -0.05) is 12.1 Å². The lowest BCUT2D eigenvalue weighted by molar-refractivity contribution is 0.0226. The highest BCUT2D eigenvalue weighted by atomic mass is 16.6. The van der Waals surface area contributed by atoms with E-state index in [0.717, 1.165) is 42.7 Å². The van der Waals surface area contributed by atoms with Gasteiger partial charge in [0.2, 0.25) is 0 Å². The maximum atomic E-state index is 12.3. The minimum Gasteiger partial charge on any atom is -0.444 e. The van der Waals surface area contributed by atoms with Crippen LogP contribution in [0.25, 0.3) is 11.0 Å². The number of carbonyl (C=O) groups is 1. The van der Waals surface area contributed by atoms with Crippen LogP contribution in [0, 0.1) is 0 Å². The normalized spacial score (nSPS) is 17.9. The highest BCUT2D eigenvalue weighted by Gasteiger charge is 2.31. The van der Waals surface area contributed by atoms with Crippen LogP contribution in [0.4, 0.5) is 4.79 Å². The third-order valence-electron chi connectivity index (χ3n) is 4.19. The zero-order valence-corrected chi connectivity index (χ0v) is 15.2. The van der Waals surface area contributed by atoms with Crippen molar-refractivity contribution in [3.63, 3.8) is 0 Å². The van der Waals surface area contributed by atoms with Gasteiger partial charge < -0.3 is 15.0 Å². The number of ether oxygens (including phenoxy) is 1. The highest BCUT2D eigenvalue weighted by molar-refractivity contribution is 5.73. The predicted octanol–water partition coefficient (Wildman–Crippen LogP) is 3.12. The average molecular weight is 342 g/mol. The summed E-state index contributed by atoms with van der Waals surface area (Å²) in [6, 6.07) is 8.01. The van der Waals surface area contributed by atoms with Crippen LogP contribution in [-0.4, -0.2) is 45.7 Å². The number of nitrogens with zero attached hydrogens (tertiary/aromatic N) is 3. The Balaban J connectivity index is 1.54. The second kappa shape index (κ2) is 7.35. The van der Waals surface area contributed by atoms with E-state index in [1.807, 2.05) is 49.9 Å². The lowest BCUT2D eigenvalue weighted by atomic mass is 10.2. The zero-order chi connectivity index (χ0) is 17.9. The van der Waals surface area contributed by atoms with Gasteiger partial charge in [-0.3, -0.25) is 4.98 Å². The fraction of sp³-hybridized carbons (Fsp3) is 0.526. The number of amides is 1. The van der Waals surface area contributed by atoms with E-state index in [1.54, 1.807) is 6.20 Å². The summed E-state index contributed by atoms with van der Waals surface area (Å²) in [6.07, 6.45) is 3.59. The minimum absolute atomic E-state index is 0.170. The summed E-state index contributed by atoms with van der Waals surface area (Å²) in [5, 5.41) is 3.40. The molecule has 2 aromatic rings. The summed E-state index contributed by atoms with van der Waals surface area (Å²) in [4.78, 5) is 23.2. The third kappa shape index (κ3) is 4.66. The third-order valence-corrected chi connectivity index (χ3v) is 4.19. The van der Waals surface area contributed by atoms with Gasteiger partial charge in [0.05, 0.1) is 22.9 Å². The van der Waals surface area contributed by atoms with E-state index in [9.17, 15) is 4.79 Å². The lowest BCUT2D eigenvalue weighted by Crippen LogP contribution is -2.44. The molecule has 1 aromatic carbocycles. The van der Waals surface area contributed by atoms with Crippen LogP contribution in [0.3, 0.4) is 0 Å². The standard InChI is InChI=1S/C19H26N4O2/c1-19(2,3)25-18(24)23-10-6-7-15(23)13-20-11-14-12-21-16-8-4-5-9-17(16)22-14/h4-5,8-9,12,15,20H,6-7,10-11,13H2,1-3H3/t15-/m0/s1. The van der Waals surface area contributed by atoms with Gasteiger partial charge in [-0.05, 0) is 45.7 Å². The number of rotatable bonds is 4. The molecule has 1 fully saturated rings. The van der Waals surface area contributed by atoms with Crippen molar-refractivity contribution in [2.24, 2.45) is 0 Å². The molecule has 1 N–H and O–H groups in total. The number of likely N-dealkylation sites (tertiary alicyclic amines) is 1. The fourth-order valence-electron chi connectivity index (χ4n) is 3.06. The average Bonchev–Trinajstić information content (AvgIpc) is 3.02. The fourth-order valence-corrected chi connectivity index (χ4v) is 3.06. The molecule has 1 atom stereocenters. The van der Waals surface area contributed by atoms with E-state index in [2.05, 4.69) is 15.3 Å². The van der Waals surface area contributed by atoms with Crippen LogP contribution in [0.5, 0.6) is 0 Å². The molecule has 1 aliphatic heterocycles. The molecule has 6 nitrogen and oxygen atoms in total. The van der Waals surface area contributed by atoms with Crippen molar-refractivity contribution in [1.82, 2.24) is 20.2 Å². The summed E-state index contributed by atoms with van der Waals surface area (Å²) in [6.45, 7) is 7.81. The maximum absolute atomic E-state index is 12.3. The Labute approximate surface area is 148 Å². The monoisotopic (exact) mass is 342 g/mol. The minimum atomic E-state index is -0.460. The molecular formula is C19H26N4O2. The zero-order valence-electron chi connectivity index (χ0n) is 15.2. The van der Waals surface area contributed by atoms with Crippen molar-refractivity contribution in [1.29, 1.82) is 0 Å². The van der Waals surface area contributed by atoms with Crippen molar-refractivity contribution in [3.8, 4) is 0 Å². The maximum Gasteiger partial charge on any atom is 0.410 e. The van der Waals surface area contributed by atoms with Crippen molar-refractivity contribution in [2.75, 3.05) is 13.1 Å². The van der Waals surface area contributed by atoms with E-state index < -0.39 is 5.60 Å². The van der Waals surface area contributed by atoms with Crippen LogP contribution < -0.4 is 5.32 Å². The molecule has 3 rings (SSSR count). The molecule has 0 saturated carbocycles. The largest absolute Gasteiger partial charge is 0.444 e. The topological polar surface area (TPSA) is 67.3 Å². The van der Waals surface area contributed by atoms with Crippen molar-refractivity contribution >= 4 is 17.1 Å². The SMILES string of the molecule is CC(C)(C)OC(=O)N1CCC[C@H]1CNCc1cnc2ccccc2n1. The Kier molecular flexibility index (Phi) is 5.18. The lowest BCUT2D eigenvalue weighted by Gasteiger charge is -2.28. The quantitative estimate of drug-likeness (QED) is 0.925. The number of hydrogen-bond donors (Lipinski definition) is 1. The first-order valence-corrected chi connectivity index (χ1v) is 8.83. The highest BCUT2D eigenvalue weighted by Crippen LogP contribution is 2.20. The molecule has 6 heteroatoms. The Bertz CT molecular complexity index is 742. The summed E-state index contributed by atoms with van der Waals surface area (Å²) < 4.78 is 5.50. The first-order chi connectivity index (χ1) is 11.9. The molecule has 0 spiro atoms. The molecule has 0 unspecified atom stereocenters. The van der Waals surface area contributed by atoms with Gasteiger partial charge in [-0.2, -0.15) is 0 Å². The second-order valence-corrected chi connectivity index (χ2v) is 7.45. The van der Waals surface area contributed by atoms with E-state index in [1.165, 1.54) is 0 Å². The van der Waals surface area contributed by atoms with Gasteiger partial charge >= 0.3 is 6.09 Å². The van der Waals surface area contributed by atoms with E-state index in [4.69, 9.17) is 4.74 Å². The van der Waals surface area contributed by atoms with Crippen LogP contribution in [0.1, 0.15) is 39.3 Å². The van der Waals surface area contributed by atoms with Gasteiger partial charge in [0.1, 0.15) is 5.60 Å². The number of fused-ring (bicyclic) bond motifs is 1. The van der Waals surface area contributed by atoms with E-state index in [0.29, 0.717) is 6.54 Å². The summed E-state index contributed by atoms with van der Waals surface area (Å²) in [5.41, 5.74) is 2.25. The van der Waals surface area contributed by atoms with E-state index >= 15 is 0 Å². The molecule has 0 bridgehead atoms. The smallest absolute Gasteiger partial charge is 0.410 e. The molecule has 1 aromatic heterocycles. The molecule has 25 heavy (non-hydrogen) atoms. The van der Waals surface area contributed by atoms with Crippen molar-refractivity contribution < 1.29 is 9.53 Å². The van der Waals surface area contributed by atoms with Crippen LogP contribution >= 0.6 is 0 Å². The number of hydrogen-bond acceptors (Lipinski definition) is 5. The number of benzene rings is 1. The molecule has 1 aliphatic rings. The number of nitrogens with one attached hydrogen (secondary N) is 1. The van der Waals surface area contributed by atoms with Crippen LogP contribution in [0.15, 0.2) is 30.5 Å². The predicted molar refractivity (Wildman–Crippen MR) is 97.2 cm³/mol. The van der Waals surface area contributed by atoms with Crippen LogP contribution in [0.2, 0.25) is 0 Å². The molecule has 0 aliphatic carbocycles. The first-order valence-electron chi connectivity index (χ1n) is 8.83. The Hall–Kier alpha value is -2.21. The Morgan fingerprint density at radius 2 is 2.08 bits per heavy atom. The molecule has 1 saturated heterocycles. The Morgan fingerprint density at radius 1 is 1.32 bits per heavy atom. The number of carbonyl (C=O) groups excluding carboxylic acids is 1. The number of aromatic nitrogens is 2. The second-order valence-electron chi connectivity index (χ2n) is 7.45. The summed E-state index contributed by atoms with van der Waals surface area (Å²) >= 11 is 0. The first kappa shape index (κ1) is 17.6. The molecule has 1 amide bonds. The molecule has 0 radical (unpaired) electrons. The van der Waals surface area contributed by atoms with Gasteiger partial charge in [0.15, 0.2) is 0 Å². The van der Waals surface area contributed by atoms with Gasteiger partial charge in [0, 0.05) is 25.7 Å². The van der Waals surface area contributed by atoms with Crippen LogP contribution in [-0.2, 0) is 11.3 Å². The van der Waals surface area contributed by atoms with Crippen molar-refractivity contribution in [3.05, 3.63) is 36.2 Å². The van der Waals surface area contributed by atoms with Crippen molar-refractivity contribution in [2.45, 2.75) is 51.8 Å². The number of para-hydroxylation sites is 2. The summed E-state index contributed by atoms with van der Waals surface area (Å²) in [7, 11) is 0.